The van der Waals surface area contributed by atoms with E-state index in [1.807, 2.05) is 6.92 Å². The Bertz CT molecular complexity index is 554. The fourth-order valence-electron chi connectivity index (χ4n) is 1.46. The normalized spacial score (nSPS) is 10.6. The molecule has 6 heteroatoms. The number of carbonyl (C=O) groups excluding carboxylic acids is 1. The molecule has 0 aliphatic carbocycles. The molecule has 100 valence electrons. The van der Waals surface area contributed by atoms with Gasteiger partial charge >= 0.3 is 0 Å². The number of ketones is 1. The second kappa shape index (κ2) is 6.77. The van der Waals surface area contributed by atoms with Gasteiger partial charge in [-0.15, -0.1) is 0 Å². The predicted molar refractivity (Wildman–Crippen MR) is 75.1 cm³/mol. The first kappa shape index (κ1) is 14.1. The minimum atomic E-state index is -0.286. The lowest BCUT2D eigenvalue weighted by Gasteiger charge is -2.00. The summed E-state index contributed by atoms with van der Waals surface area (Å²) in [6.45, 7) is 2.00. The Morgan fingerprint density at radius 1 is 1.37 bits per heavy atom. The van der Waals surface area contributed by atoms with E-state index in [-0.39, 0.29) is 11.6 Å². The molecule has 0 amide bonds. The molecular formula is C13H13FN2OS2. The number of aryl methyl sites for hydroxylation is 1. The van der Waals surface area contributed by atoms with E-state index >= 15 is 0 Å². The number of carbonyl (C=O) groups is 1. The van der Waals surface area contributed by atoms with E-state index in [1.54, 1.807) is 12.1 Å². The highest BCUT2D eigenvalue weighted by atomic mass is 32.2. The van der Waals surface area contributed by atoms with Crippen molar-refractivity contribution in [2.45, 2.75) is 24.1 Å². The lowest BCUT2D eigenvalue weighted by molar-refractivity contribution is -0.116. The van der Waals surface area contributed by atoms with Gasteiger partial charge in [0.2, 0.25) is 0 Å². The van der Waals surface area contributed by atoms with Crippen molar-refractivity contribution in [2.24, 2.45) is 0 Å². The molecule has 0 bridgehead atoms. The monoisotopic (exact) mass is 296 g/mol. The summed E-state index contributed by atoms with van der Waals surface area (Å²) >= 11 is 2.73. The molecule has 0 atom stereocenters. The Balaban J connectivity index is 1.82. The van der Waals surface area contributed by atoms with Crippen molar-refractivity contribution in [1.82, 2.24) is 9.36 Å². The maximum atomic E-state index is 12.7. The van der Waals surface area contributed by atoms with E-state index < -0.39 is 0 Å². The summed E-state index contributed by atoms with van der Waals surface area (Å²) in [7, 11) is 0. The van der Waals surface area contributed by atoms with Crippen LogP contribution in [0.1, 0.15) is 18.3 Å². The summed E-state index contributed by atoms with van der Waals surface area (Å²) in [5, 5.41) is 0. The first-order valence-corrected chi connectivity index (χ1v) is 7.65. The van der Waals surface area contributed by atoms with Gasteiger partial charge in [0.05, 0.1) is 5.75 Å². The second-order valence-corrected chi connectivity index (χ2v) is 5.93. The number of aromatic nitrogens is 2. The Labute approximate surface area is 119 Å². The minimum absolute atomic E-state index is 0.102. The number of rotatable bonds is 6. The van der Waals surface area contributed by atoms with Crippen LogP contribution in [0.3, 0.4) is 0 Å². The zero-order valence-electron chi connectivity index (χ0n) is 10.4. The smallest absolute Gasteiger partial charge is 0.170 e. The van der Waals surface area contributed by atoms with E-state index in [4.69, 9.17) is 0 Å². The molecule has 0 aliphatic rings. The third-order valence-electron chi connectivity index (χ3n) is 2.44. The van der Waals surface area contributed by atoms with Gasteiger partial charge < -0.3 is 0 Å². The molecule has 19 heavy (non-hydrogen) atoms. The van der Waals surface area contributed by atoms with E-state index in [9.17, 15) is 9.18 Å². The van der Waals surface area contributed by atoms with Crippen molar-refractivity contribution in [3.63, 3.8) is 0 Å². The van der Waals surface area contributed by atoms with Gasteiger partial charge in [-0.1, -0.05) is 30.8 Å². The fourth-order valence-corrected chi connectivity index (χ4v) is 3.02. The van der Waals surface area contributed by atoms with Gasteiger partial charge in [-0.05, 0) is 29.2 Å². The zero-order chi connectivity index (χ0) is 13.7. The lowest BCUT2D eigenvalue weighted by atomic mass is 10.1. The van der Waals surface area contributed by atoms with Crippen molar-refractivity contribution in [2.75, 3.05) is 5.75 Å². The van der Waals surface area contributed by atoms with Crippen LogP contribution in [0.5, 0.6) is 0 Å². The third kappa shape index (κ3) is 4.40. The summed E-state index contributed by atoms with van der Waals surface area (Å²) in [6.07, 6.45) is 1.13. The van der Waals surface area contributed by atoms with Gasteiger partial charge in [-0.25, -0.2) is 9.37 Å². The molecule has 2 rings (SSSR count). The molecular weight excluding hydrogens is 283 g/mol. The number of Topliss-reactive ketones (excluding diaryl/α,β-unsaturated/α-hetero) is 1. The molecule has 0 N–H and O–H groups in total. The summed E-state index contributed by atoms with van der Waals surface area (Å²) < 4.78 is 17.7. The highest BCUT2D eigenvalue weighted by Gasteiger charge is 2.08. The number of hydrogen-bond donors (Lipinski definition) is 0. The van der Waals surface area contributed by atoms with Crippen molar-refractivity contribution in [3.8, 4) is 0 Å². The summed E-state index contributed by atoms with van der Waals surface area (Å²) in [5.74, 6) is 1.00. The van der Waals surface area contributed by atoms with E-state index in [2.05, 4.69) is 9.36 Å². The van der Waals surface area contributed by atoms with Crippen LogP contribution in [0.4, 0.5) is 4.39 Å². The largest absolute Gasteiger partial charge is 0.298 e. The van der Waals surface area contributed by atoms with Gasteiger partial charge in [0.1, 0.15) is 17.4 Å². The molecule has 1 aromatic heterocycles. The van der Waals surface area contributed by atoms with Crippen LogP contribution in [0.2, 0.25) is 0 Å². The van der Waals surface area contributed by atoms with Crippen LogP contribution >= 0.6 is 23.3 Å². The number of nitrogens with zero attached hydrogens (tertiary/aromatic N) is 2. The molecule has 1 heterocycles. The minimum Gasteiger partial charge on any atom is -0.298 e. The van der Waals surface area contributed by atoms with Gasteiger partial charge in [0.25, 0.3) is 0 Å². The van der Waals surface area contributed by atoms with Gasteiger partial charge in [-0.3, -0.25) is 4.79 Å². The lowest BCUT2D eigenvalue weighted by Crippen LogP contribution is -2.05. The topological polar surface area (TPSA) is 42.9 Å². The molecule has 0 aliphatic heterocycles. The highest BCUT2D eigenvalue weighted by molar-refractivity contribution is 8.01. The van der Waals surface area contributed by atoms with Crippen molar-refractivity contribution < 1.29 is 9.18 Å². The quantitative estimate of drug-likeness (QED) is 0.768. The maximum Gasteiger partial charge on any atom is 0.170 e. The number of thioether (sulfide) groups is 1. The Hall–Kier alpha value is -1.27. The van der Waals surface area contributed by atoms with Gasteiger partial charge in [0, 0.05) is 12.8 Å². The number of hydrogen-bond acceptors (Lipinski definition) is 5. The summed E-state index contributed by atoms with van der Waals surface area (Å²) in [5.41, 5.74) is 0.832. The number of benzene rings is 1. The Morgan fingerprint density at radius 2 is 2.11 bits per heavy atom. The molecule has 3 nitrogen and oxygen atoms in total. The fraction of sp³-hybridized carbons (Fsp3) is 0.308. The number of halogens is 1. The van der Waals surface area contributed by atoms with Crippen LogP contribution in [0.25, 0.3) is 0 Å². The van der Waals surface area contributed by atoms with E-state index in [1.165, 1.54) is 35.4 Å². The summed E-state index contributed by atoms with van der Waals surface area (Å²) in [4.78, 5) is 16.1. The average molecular weight is 296 g/mol. The third-order valence-corrected chi connectivity index (χ3v) is 4.37. The van der Waals surface area contributed by atoms with Gasteiger partial charge in [0.15, 0.2) is 4.34 Å². The van der Waals surface area contributed by atoms with Gasteiger partial charge in [-0.2, -0.15) is 4.37 Å². The molecule has 0 saturated heterocycles. The van der Waals surface area contributed by atoms with Crippen LogP contribution in [-0.4, -0.2) is 20.9 Å². The average Bonchev–Trinajstić information content (AvgIpc) is 2.87. The molecule has 0 fully saturated rings. The highest BCUT2D eigenvalue weighted by Crippen LogP contribution is 2.20. The van der Waals surface area contributed by atoms with Crippen molar-refractivity contribution in [1.29, 1.82) is 0 Å². The molecule has 2 aromatic rings. The summed E-state index contributed by atoms with van der Waals surface area (Å²) in [6, 6.07) is 6.01. The second-order valence-electron chi connectivity index (χ2n) is 3.96. The van der Waals surface area contributed by atoms with Crippen LogP contribution in [0, 0.1) is 5.82 Å². The Morgan fingerprint density at radius 3 is 2.74 bits per heavy atom. The van der Waals surface area contributed by atoms with Crippen LogP contribution in [0.15, 0.2) is 28.6 Å². The van der Waals surface area contributed by atoms with Crippen molar-refractivity contribution >= 4 is 29.1 Å². The van der Waals surface area contributed by atoms with Crippen LogP contribution in [-0.2, 0) is 17.6 Å². The van der Waals surface area contributed by atoms with Crippen LogP contribution < -0.4 is 0 Å². The molecule has 0 unspecified atom stereocenters. The van der Waals surface area contributed by atoms with Crippen molar-refractivity contribution in [3.05, 3.63) is 41.5 Å². The van der Waals surface area contributed by atoms with E-state index in [0.29, 0.717) is 12.2 Å². The SMILES string of the molecule is CCc1nsc(SCC(=O)Cc2ccc(F)cc2)n1. The first-order valence-electron chi connectivity index (χ1n) is 5.89. The molecule has 0 spiro atoms. The van der Waals surface area contributed by atoms with E-state index in [0.717, 1.165) is 22.1 Å². The Kier molecular flexibility index (Phi) is 5.04. The zero-order valence-corrected chi connectivity index (χ0v) is 12.1. The standard InChI is InChI=1S/C13H13FN2OS2/c1-2-12-15-13(19-16-12)18-8-11(17)7-9-3-5-10(14)6-4-9/h3-6H,2,7-8H2,1H3. The first-order chi connectivity index (χ1) is 9.17. The maximum absolute atomic E-state index is 12.7. The molecule has 1 aromatic carbocycles. The molecule has 0 saturated carbocycles. The predicted octanol–water partition coefficient (Wildman–Crippen LogP) is 3.14. The molecule has 0 radical (unpaired) electrons.